The first kappa shape index (κ1) is 18.1. The number of hydrogen-bond donors (Lipinski definition) is 2. The summed E-state index contributed by atoms with van der Waals surface area (Å²) in [5.74, 6) is 2.20. The molecule has 2 heterocycles. The zero-order valence-corrected chi connectivity index (χ0v) is 15.8. The van der Waals surface area contributed by atoms with Crippen LogP contribution in [0.15, 0.2) is 48.5 Å². The highest BCUT2D eigenvalue weighted by molar-refractivity contribution is 6.30. The number of amides is 1. The van der Waals surface area contributed by atoms with E-state index < -0.39 is 0 Å². The Kier molecular flexibility index (Phi) is 4.99. The van der Waals surface area contributed by atoms with Gasteiger partial charge < -0.3 is 20.1 Å². The largest absolute Gasteiger partial charge is 0.454 e. The minimum absolute atomic E-state index is 0.239. The van der Waals surface area contributed by atoms with E-state index in [1.165, 1.54) is 0 Å². The van der Waals surface area contributed by atoms with Crippen LogP contribution in [-0.2, 0) is 6.54 Å². The first-order chi connectivity index (χ1) is 13.6. The number of nitrogens with zero attached hydrogens (tertiary/aromatic N) is 2. The number of benzene rings is 2. The Balaban J connectivity index is 1.45. The summed E-state index contributed by atoms with van der Waals surface area (Å²) < 4.78 is 10.7. The van der Waals surface area contributed by atoms with Gasteiger partial charge in [0.1, 0.15) is 17.3 Å². The molecule has 2 aromatic carbocycles. The number of aryl methyl sites for hydroxylation is 1. The zero-order valence-electron chi connectivity index (χ0n) is 15.0. The molecule has 28 heavy (non-hydrogen) atoms. The highest BCUT2D eigenvalue weighted by Crippen LogP contribution is 2.32. The van der Waals surface area contributed by atoms with Crippen molar-refractivity contribution in [1.29, 1.82) is 0 Å². The van der Waals surface area contributed by atoms with Crippen LogP contribution in [0, 0.1) is 6.92 Å². The van der Waals surface area contributed by atoms with Crippen molar-refractivity contribution in [3.8, 4) is 11.5 Å². The summed E-state index contributed by atoms with van der Waals surface area (Å²) >= 11 is 5.87. The second-order valence-corrected chi connectivity index (χ2v) is 6.62. The maximum atomic E-state index is 12.5. The van der Waals surface area contributed by atoms with Crippen molar-refractivity contribution >= 4 is 29.0 Å². The Bertz CT molecular complexity index is 1020. The summed E-state index contributed by atoms with van der Waals surface area (Å²) in [6, 6.07) is 14.2. The standard InChI is InChI=1S/C20H17ClN4O3/c1-12-23-16(20(26)25-15-5-3-14(21)4-6-15)9-19(24-12)22-10-13-2-7-17-18(8-13)28-11-27-17/h2-9H,10-11H2,1H3,(H,25,26)(H,22,23,24). The van der Waals surface area contributed by atoms with Crippen molar-refractivity contribution in [2.24, 2.45) is 0 Å². The molecule has 8 heteroatoms. The molecule has 3 aromatic rings. The monoisotopic (exact) mass is 396 g/mol. The van der Waals surface area contributed by atoms with E-state index in [0.717, 1.165) is 17.1 Å². The van der Waals surface area contributed by atoms with Crippen LogP contribution >= 0.6 is 11.6 Å². The zero-order chi connectivity index (χ0) is 19.5. The molecule has 0 aliphatic carbocycles. The molecule has 0 unspecified atom stereocenters. The fourth-order valence-electron chi connectivity index (χ4n) is 2.75. The molecule has 4 rings (SSSR count). The van der Waals surface area contributed by atoms with Gasteiger partial charge in [-0.15, -0.1) is 0 Å². The van der Waals surface area contributed by atoms with E-state index in [1.54, 1.807) is 37.3 Å². The molecule has 1 aliphatic rings. The Labute approximate surface area is 166 Å². The lowest BCUT2D eigenvalue weighted by Crippen LogP contribution is -2.15. The Morgan fingerprint density at radius 1 is 1.07 bits per heavy atom. The van der Waals surface area contributed by atoms with Crippen LogP contribution in [0.2, 0.25) is 5.02 Å². The van der Waals surface area contributed by atoms with Gasteiger partial charge in [0.15, 0.2) is 11.5 Å². The molecule has 1 aromatic heterocycles. The number of carbonyl (C=O) groups is 1. The summed E-state index contributed by atoms with van der Waals surface area (Å²) in [5.41, 5.74) is 1.92. The third kappa shape index (κ3) is 4.15. The molecule has 0 spiro atoms. The molecule has 1 aliphatic heterocycles. The van der Waals surface area contributed by atoms with Gasteiger partial charge in [-0.1, -0.05) is 17.7 Å². The maximum Gasteiger partial charge on any atom is 0.274 e. The van der Waals surface area contributed by atoms with E-state index in [4.69, 9.17) is 21.1 Å². The summed E-state index contributed by atoms with van der Waals surface area (Å²) in [5, 5.41) is 6.61. The van der Waals surface area contributed by atoms with E-state index in [-0.39, 0.29) is 18.4 Å². The molecular weight excluding hydrogens is 380 g/mol. The van der Waals surface area contributed by atoms with Gasteiger partial charge >= 0.3 is 0 Å². The molecular formula is C20H17ClN4O3. The van der Waals surface area contributed by atoms with Crippen LogP contribution in [-0.4, -0.2) is 22.7 Å². The van der Waals surface area contributed by atoms with Crippen molar-refractivity contribution < 1.29 is 14.3 Å². The van der Waals surface area contributed by atoms with Gasteiger partial charge in [-0.2, -0.15) is 0 Å². The van der Waals surface area contributed by atoms with Crippen LogP contribution in [0.3, 0.4) is 0 Å². The van der Waals surface area contributed by atoms with Crippen LogP contribution in [0.5, 0.6) is 11.5 Å². The number of anilines is 2. The van der Waals surface area contributed by atoms with Gasteiger partial charge in [-0.25, -0.2) is 9.97 Å². The van der Waals surface area contributed by atoms with E-state index in [2.05, 4.69) is 20.6 Å². The first-order valence-corrected chi connectivity index (χ1v) is 8.99. The lowest BCUT2D eigenvalue weighted by molar-refractivity contribution is 0.102. The topological polar surface area (TPSA) is 85.4 Å². The fourth-order valence-corrected chi connectivity index (χ4v) is 2.87. The van der Waals surface area contributed by atoms with Crippen molar-refractivity contribution in [2.75, 3.05) is 17.4 Å². The summed E-state index contributed by atoms with van der Waals surface area (Å²) in [7, 11) is 0. The van der Waals surface area contributed by atoms with Crippen LogP contribution in [0.1, 0.15) is 21.9 Å². The number of aromatic nitrogens is 2. The second kappa shape index (κ2) is 7.74. The molecule has 0 fully saturated rings. The predicted octanol–water partition coefficient (Wildman–Crippen LogP) is 4.03. The molecule has 0 saturated carbocycles. The molecule has 0 bridgehead atoms. The normalized spacial score (nSPS) is 11.9. The van der Waals surface area contributed by atoms with E-state index in [0.29, 0.717) is 28.9 Å². The third-order valence-electron chi connectivity index (χ3n) is 4.08. The van der Waals surface area contributed by atoms with Gasteiger partial charge in [0.25, 0.3) is 5.91 Å². The average Bonchev–Trinajstić information content (AvgIpc) is 3.15. The third-order valence-corrected chi connectivity index (χ3v) is 4.34. The van der Waals surface area contributed by atoms with Crippen LogP contribution < -0.4 is 20.1 Å². The summed E-state index contributed by atoms with van der Waals surface area (Å²) in [6.45, 7) is 2.50. The number of fused-ring (bicyclic) bond motifs is 1. The number of rotatable bonds is 5. The highest BCUT2D eigenvalue weighted by atomic mass is 35.5. The van der Waals surface area contributed by atoms with Crippen LogP contribution in [0.4, 0.5) is 11.5 Å². The van der Waals surface area contributed by atoms with Gasteiger partial charge in [0, 0.05) is 23.3 Å². The molecule has 0 radical (unpaired) electrons. The Morgan fingerprint density at radius 2 is 1.86 bits per heavy atom. The molecule has 0 saturated heterocycles. The lowest BCUT2D eigenvalue weighted by Gasteiger charge is -2.10. The Hall–Kier alpha value is -3.32. The number of hydrogen-bond acceptors (Lipinski definition) is 6. The van der Waals surface area contributed by atoms with E-state index in [1.807, 2.05) is 18.2 Å². The maximum absolute atomic E-state index is 12.5. The first-order valence-electron chi connectivity index (χ1n) is 8.62. The van der Waals surface area contributed by atoms with Crippen molar-refractivity contribution in [1.82, 2.24) is 9.97 Å². The summed E-state index contributed by atoms with van der Waals surface area (Å²) in [6.07, 6.45) is 0. The minimum atomic E-state index is -0.320. The molecule has 1 amide bonds. The quantitative estimate of drug-likeness (QED) is 0.677. The van der Waals surface area contributed by atoms with E-state index >= 15 is 0 Å². The van der Waals surface area contributed by atoms with Crippen molar-refractivity contribution in [3.05, 3.63) is 70.6 Å². The molecule has 0 atom stereocenters. The Morgan fingerprint density at radius 3 is 2.68 bits per heavy atom. The van der Waals surface area contributed by atoms with Crippen LogP contribution in [0.25, 0.3) is 0 Å². The average molecular weight is 397 g/mol. The van der Waals surface area contributed by atoms with Gasteiger partial charge in [0.2, 0.25) is 6.79 Å². The van der Waals surface area contributed by atoms with Gasteiger partial charge in [-0.3, -0.25) is 4.79 Å². The van der Waals surface area contributed by atoms with Crippen molar-refractivity contribution in [3.63, 3.8) is 0 Å². The number of ether oxygens (including phenoxy) is 2. The second-order valence-electron chi connectivity index (χ2n) is 6.19. The lowest BCUT2D eigenvalue weighted by atomic mass is 10.2. The number of carbonyl (C=O) groups excluding carboxylic acids is 1. The van der Waals surface area contributed by atoms with Gasteiger partial charge in [0.05, 0.1) is 0 Å². The number of nitrogens with one attached hydrogen (secondary N) is 2. The van der Waals surface area contributed by atoms with E-state index in [9.17, 15) is 4.79 Å². The summed E-state index contributed by atoms with van der Waals surface area (Å²) in [4.78, 5) is 21.1. The highest BCUT2D eigenvalue weighted by Gasteiger charge is 2.14. The number of halogens is 1. The molecule has 142 valence electrons. The fraction of sp³-hybridized carbons (Fsp3) is 0.150. The predicted molar refractivity (Wildman–Crippen MR) is 106 cm³/mol. The van der Waals surface area contributed by atoms with Crippen molar-refractivity contribution in [2.45, 2.75) is 13.5 Å². The SMILES string of the molecule is Cc1nc(NCc2ccc3c(c2)OCO3)cc(C(=O)Nc2ccc(Cl)cc2)n1. The minimum Gasteiger partial charge on any atom is -0.454 e. The smallest absolute Gasteiger partial charge is 0.274 e. The molecule has 2 N–H and O–H groups in total. The van der Waals surface area contributed by atoms with Gasteiger partial charge in [-0.05, 0) is 48.9 Å². The molecule has 7 nitrogen and oxygen atoms in total.